The minimum Gasteiger partial charge on any atom is -0.319 e. The van der Waals surface area contributed by atoms with Gasteiger partial charge in [-0.15, -0.1) is 0 Å². The molecule has 1 amide bonds. The van der Waals surface area contributed by atoms with Crippen LogP contribution in [0.2, 0.25) is 5.02 Å². The molecule has 0 fully saturated rings. The van der Waals surface area contributed by atoms with Crippen LogP contribution >= 0.6 is 11.6 Å². The van der Waals surface area contributed by atoms with Gasteiger partial charge in [-0.3, -0.25) is 14.9 Å². The van der Waals surface area contributed by atoms with Crippen LogP contribution < -0.4 is 11.1 Å². The standard InChI is InChI=1S/C11H14ClN3O3/c1-3-11(2,13)10(16)14-8-6-7(12)4-5-9(8)15(17)18/h4-6H,3,13H2,1-2H3,(H,14,16). The number of carbonyl (C=O) groups excluding carboxylic acids is 1. The van der Waals surface area contributed by atoms with E-state index < -0.39 is 16.4 Å². The van der Waals surface area contributed by atoms with E-state index in [2.05, 4.69) is 5.32 Å². The van der Waals surface area contributed by atoms with Gasteiger partial charge in [-0.05, 0) is 25.5 Å². The number of halogens is 1. The minimum absolute atomic E-state index is 0.0441. The van der Waals surface area contributed by atoms with E-state index in [1.54, 1.807) is 13.8 Å². The summed E-state index contributed by atoms with van der Waals surface area (Å²) >= 11 is 5.75. The molecule has 0 aliphatic heterocycles. The third-order valence-electron chi connectivity index (χ3n) is 2.66. The SMILES string of the molecule is CCC(C)(N)C(=O)Nc1cc(Cl)ccc1[N+](=O)[O-]. The molecule has 6 nitrogen and oxygen atoms in total. The normalized spacial score (nSPS) is 13.8. The molecule has 0 aromatic heterocycles. The van der Waals surface area contributed by atoms with Gasteiger partial charge in [-0.25, -0.2) is 0 Å². The molecule has 1 atom stereocenters. The van der Waals surface area contributed by atoms with Gasteiger partial charge in [-0.1, -0.05) is 18.5 Å². The molecule has 3 N–H and O–H groups in total. The number of anilines is 1. The van der Waals surface area contributed by atoms with Gasteiger partial charge >= 0.3 is 0 Å². The quantitative estimate of drug-likeness (QED) is 0.648. The third kappa shape index (κ3) is 3.18. The van der Waals surface area contributed by atoms with Crippen LogP contribution in [0.3, 0.4) is 0 Å². The van der Waals surface area contributed by atoms with Crippen LogP contribution in [0.25, 0.3) is 0 Å². The van der Waals surface area contributed by atoms with Crippen molar-refractivity contribution in [3.8, 4) is 0 Å². The van der Waals surface area contributed by atoms with Crippen molar-refractivity contribution < 1.29 is 9.72 Å². The second-order valence-electron chi connectivity index (χ2n) is 4.14. The predicted molar refractivity (Wildman–Crippen MR) is 69.6 cm³/mol. The van der Waals surface area contributed by atoms with Crippen molar-refractivity contribution in [2.24, 2.45) is 5.73 Å². The monoisotopic (exact) mass is 271 g/mol. The molecule has 0 aliphatic rings. The lowest BCUT2D eigenvalue weighted by molar-refractivity contribution is -0.383. The predicted octanol–water partition coefficient (Wildman–Crippen LogP) is 2.31. The van der Waals surface area contributed by atoms with Crippen molar-refractivity contribution in [2.75, 3.05) is 5.32 Å². The zero-order chi connectivity index (χ0) is 13.9. The van der Waals surface area contributed by atoms with Crippen molar-refractivity contribution >= 4 is 28.9 Å². The molecule has 1 unspecified atom stereocenters. The van der Waals surface area contributed by atoms with Gasteiger partial charge in [0, 0.05) is 11.1 Å². The molecule has 0 bridgehead atoms. The summed E-state index contributed by atoms with van der Waals surface area (Å²) in [7, 11) is 0. The molecule has 7 heteroatoms. The van der Waals surface area contributed by atoms with E-state index in [0.717, 1.165) is 0 Å². The van der Waals surface area contributed by atoms with Crippen molar-refractivity contribution in [1.29, 1.82) is 0 Å². The molecule has 0 saturated carbocycles. The third-order valence-corrected chi connectivity index (χ3v) is 2.89. The Bertz CT molecular complexity index is 488. The number of nitro groups is 1. The number of hydrogen-bond acceptors (Lipinski definition) is 4. The smallest absolute Gasteiger partial charge is 0.292 e. The zero-order valence-electron chi connectivity index (χ0n) is 10.1. The highest BCUT2D eigenvalue weighted by atomic mass is 35.5. The first-order chi connectivity index (χ1) is 8.27. The molecule has 0 aliphatic carbocycles. The highest BCUT2D eigenvalue weighted by Crippen LogP contribution is 2.28. The van der Waals surface area contributed by atoms with E-state index in [9.17, 15) is 14.9 Å². The summed E-state index contributed by atoms with van der Waals surface area (Å²) in [6.07, 6.45) is 0.410. The Morgan fingerprint density at radius 1 is 1.61 bits per heavy atom. The van der Waals surface area contributed by atoms with E-state index in [1.807, 2.05) is 0 Å². The van der Waals surface area contributed by atoms with Crippen LogP contribution in [-0.4, -0.2) is 16.4 Å². The first-order valence-electron chi connectivity index (χ1n) is 5.32. The topological polar surface area (TPSA) is 98.3 Å². The van der Waals surface area contributed by atoms with Gasteiger partial charge in [0.15, 0.2) is 0 Å². The van der Waals surface area contributed by atoms with Crippen molar-refractivity contribution in [2.45, 2.75) is 25.8 Å². The number of nitro benzene ring substituents is 1. The van der Waals surface area contributed by atoms with E-state index >= 15 is 0 Å². The molecule has 1 rings (SSSR count). The minimum atomic E-state index is -1.09. The Morgan fingerprint density at radius 3 is 2.72 bits per heavy atom. The maximum atomic E-state index is 11.8. The number of hydrogen-bond donors (Lipinski definition) is 2. The fourth-order valence-corrected chi connectivity index (χ4v) is 1.37. The average Bonchev–Trinajstić information content (AvgIpc) is 2.28. The van der Waals surface area contributed by atoms with E-state index in [0.29, 0.717) is 11.4 Å². The lowest BCUT2D eigenvalue weighted by atomic mass is 9.99. The first kappa shape index (κ1) is 14.4. The summed E-state index contributed by atoms with van der Waals surface area (Å²) in [5, 5.41) is 13.5. The Labute approximate surface area is 109 Å². The van der Waals surface area contributed by atoms with Crippen LogP contribution in [0.5, 0.6) is 0 Å². The number of benzene rings is 1. The summed E-state index contributed by atoms with van der Waals surface area (Å²) < 4.78 is 0. The van der Waals surface area contributed by atoms with Crippen LogP contribution in [0.1, 0.15) is 20.3 Å². The largest absolute Gasteiger partial charge is 0.319 e. The van der Waals surface area contributed by atoms with Crippen LogP contribution in [-0.2, 0) is 4.79 Å². The van der Waals surface area contributed by atoms with Crippen molar-refractivity contribution in [3.05, 3.63) is 33.3 Å². The number of nitrogens with zero attached hydrogens (tertiary/aromatic N) is 1. The average molecular weight is 272 g/mol. The highest BCUT2D eigenvalue weighted by molar-refractivity contribution is 6.31. The maximum Gasteiger partial charge on any atom is 0.292 e. The maximum absolute atomic E-state index is 11.8. The zero-order valence-corrected chi connectivity index (χ0v) is 10.8. The fraction of sp³-hybridized carbons (Fsp3) is 0.364. The molecule has 0 saturated heterocycles. The number of rotatable bonds is 4. The summed E-state index contributed by atoms with van der Waals surface area (Å²) in [4.78, 5) is 22.1. The Kier molecular flexibility index (Phi) is 4.26. The summed E-state index contributed by atoms with van der Waals surface area (Å²) in [6.45, 7) is 3.31. The van der Waals surface area contributed by atoms with Crippen LogP contribution in [0, 0.1) is 10.1 Å². The number of carbonyl (C=O) groups is 1. The lowest BCUT2D eigenvalue weighted by Gasteiger charge is -2.21. The molecule has 18 heavy (non-hydrogen) atoms. The lowest BCUT2D eigenvalue weighted by Crippen LogP contribution is -2.47. The summed E-state index contributed by atoms with van der Waals surface area (Å²) in [5.74, 6) is -0.490. The Hall–Kier alpha value is -1.66. The Morgan fingerprint density at radius 2 is 2.22 bits per heavy atom. The van der Waals surface area contributed by atoms with Gasteiger partial charge in [0.25, 0.3) is 5.69 Å². The first-order valence-corrected chi connectivity index (χ1v) is 5.70. The molecule has 98 valence electrons. The molecule has 1 aromatic carbocycles. The molecule has 0 heterocycles. The molecular formula is C11H14ClN3O3. The number of nitrogens with two attached hydrogens (primary N) is 1. The second-order valence-corrected chi connectivity index (χ2v) is 4.58. The molecule has 0 spiro atoms. The van der Waals surface area contributed by atoms with Crippen LogP contribution in [0.4, 0.5) is 11.4 Å². The summed E-state index contributed by atoms with van der Waals surface area (Å²) in [5.41, 5.74) is 4.49. The number of amides is 1. The van der Waals surface area contributed by atoms with Gasteiger partial charge < -0.3 is 11.1 Å². The van der Waals surface area contributed by atoms with Gasteiger partial charge in [0.05, 0.1) is 10.5 Å². The van der Waals surface area contributed by atoms with Gasteiger partial charge in [0.2, 0.25) is 5.91 Å². The number of nitrogens with one attached hydrogen (secondary N) is 1. The van der Waals surface area contributed by atoms with Crippen molar-refractivity contribution in [1.82, 2.24) is 0 Å². The highest BCUT2D eigenvalue weighted by Gasteiger charge is 2.28. The molecule has 1 aromatic rings. The summed E-state index contributed by atoms with van der Waals surface area (Å²) in [6, 6.07) is 3.94. The molecular weight excluding hydrogens is 258 g/mol. The van der Waals surface area contributed by atoms with Gasteiger partial charge in [0.1, 0.15) is 5.69 Å². The molecule has 0 radical (unpaired) electrons. The Balaban J connectivity index is 3.07. The van der Waals surface area contributed by atoms with Gasteiger partial charge in [-0.2, -0.15) is 0 Å². The second kappa shape index (κ2) is 5.32. The van der Waals surface area contributed by atoms with Crippen molar-refractivity contribution in [3.63, 3.8) is 0 Å². The van der Waals surface area contributed by atoms with E-state index in [1.165, 1.54) is 18.2 Å². The fourth-order valence-electron chi connectivity index (χ4n) is 1.19. The van der Waals surface area contributed by atoms with E-state index in [-0.39, 0.29) is 11.4 Å². The van der Waals surface area contributed by atoms with Crippen LogP contribution in [0.15, 0.2) is 18.2 Å². The van der Waals surface area contributed by atoms with E-state index in [4.69, 9.17) is 17.3 Å².